The topological polar surface area (TPSA) is 59.1 Å². The maximum absolute atomic E-state index is 9.17. The van der Waals surface area contributed by atoms with Gasteiger partial charge < -0.3 is 10.8 Å². The van der Waals surface area contributed by atoms with Crippen molar-refractivity contribution < 1.29 is 5.11 Å². The minimum atomic E-state index is -0.259. The van der Waals surface area contributed by atoms with Crippen LogP contribution in [0.2, 0.25) is 0 Å². The maximum atomic E-state index is 9.17. The zero-order valence-corrected chi connectivity index (χ0v) is 15.3. The monoisotopic (exact) mass is 344 g/mol. The van der Waals surface area contributed by atoms with Crippen molar-refractivity contribution in [2.75, 3.05) is 0 Å². The van der Waals surface area contributed by atoms with Crippen molar-refractivity contribution in [1.29, 1.82) is 0 Å². The molecule has 0 amide bonds. The fourth-order valence-electron chi connectivity index (χ4n) is 3.02. The molecule has 0 fully saturated rings. The number of nitrogens with zero attached hydrogens (tertiary/aromatic N) is 1. The number of fused-ring (bicyclic) bond motifs is 1. The molecular weight excluding hydrogens is 320 g/mol. The van der Waals surface area contributed by atoms with E-state index in [0.29, 0.717) is 5.69 Å². The second kappa shape index (κ2) is 7.70. The van der Waals surface area contributed by atoms with E-state index in [1.165, 1.54) is 0 Å². The second-order valence-corrected chi connectivity index (χ2v) is 6.56. The highest BCUT2D eigenvalue weighted by molar-refractivity contribution is 5.80. The van der Waals surface area contributed by atoms with Gasteiger partial charge in [0.1, 0.15) is 0 Å². The number of aliphatic hydroxyl groups excluding tert-OH is 1. The van der Waals surface area contributed by atoms with Gasteiger partial charge >= 0.3 is 0 Å². The third kappa shape index (κ3) is 3.77. The van der Waals surface area contributed by atoms with Gasteiger partial charge in [0.15, 0.2) is 0 Å². The normalized spacial score (nSPS) is 11.2. The Kier molecular flexibility index (Phi) is 5.37. The molecule has 0 aliphatic carbocycles. The molecule has 0 saturated carbocycles. The van der Waals surface area contributed by atoms with Crippen LogP contribution < -0.4 is 5.73 Å². The summed E-state index contributed by atoms with van der Waals surface area (Å²) in [6.07, 6.45) is 1.83. The third-order valence-corrected chi connectivity index (χ3v) is 4.98. The van der Waals surface area contributed by atoms with Crippen LogP contribution in [0, 0.1) is 11.8 Å². The van der Waals surface area contributed by atoms with E-state index < -0.39 is 0 Å². The number of hydrogen-bond acceptors (Lipinski definition) is 3. The van der Waals surface area contributed by atoms with Crippen LogP contribution in [0.1, 0.15) is 49.1 Å². The quantitative estimate of drug-likeness (QED) is 0.701. The molecule has 0 aliphatic rings. The Morgan fingerprint density at radius 2 is 1.58 bits per heavy atom. The van der Waals surface area contributed by atoms with Gasteiger partial charge in [-0.15, -0.1) is 0 Å². The summed E-state index contributed by atoms with van der Waals surface area (Å²) < 4.78 is 0. The Balaban J connectivity index is 1.84. The van der Waals surface area contributed by atoms with Crippen molar-refractivity contribution in [1.82, 2.24) is 4.98 Å². The number of benzene rings is 2. The summed E-state index contributed by atoms with van der Waals surface area (Å²) in [5.41, 5.74) is 10.8. The van der Waals surface area contributed by atoms with E-state index in [0.717, 1.165) is 40.4 Å². The van der Waals surface area contributed by atoms with Gasteiger partial charge in [-0.05, 0) is 54.8 Å². The average molecular weight is 344 g/mol. The lowest BCUT2D eigenvalue weighted by atomic mass is 9.85. The molecule has 1 heterocycles. The summed E-state index contributed by atoms with van der Waals surface area (Å²) in [7, 11) is 0. The van der Waals surface area contributed by atoms with E-state index in [2.05, 4.69) is 42.8 Å². The number of hydrogen-bond donors (Lipinski definition) is 2. The summed E-state index contributed by atoms with van der Waals surface area (Å²) in [6, 6.07) is 17.9. The summed E-state index contributed by atoms with van der Waals surface area (Å²) in [5, 5.41) is 10.2. The summed E-state index contributed by atoms with van der Waals surface area (Å²) in [6.45, 7) is 4.19. The minimum Gasteiger partial charge on any atom is -0.390 e. The fourth-order valence-corrected chi connectivity index (χ4v) is 3.02. The first-order valence-electron chi connectivity index (χ1n) is 9.00. The molecule has 0 unspecified atom stereocenters. The molecule has 3 aromatic rings. The largest absolute Gasteiger partial charge is 0.390 e. The third-order valence-electron chi connectivity index (χ3n) is 4.98. The van der Waals surface area contributed by atoms with E-state index >= 15 is 0 Å². The molecule has 0 saturated heterocycles. The highest BCUT2D eigenvalue weighted by Crippen LogP contribution is 2.25. The summed E-state index contributed by atoms with van der Waals surface area (Å²) in [5.74, 6) is 6.42. The molecule has 3 nitrogen and oxygen atoms in total. The van der Waals surface area contributed by atoms with Gasteiger partial charge in [0, 0.05) is 22.1 Å². The Morgan fingerprint density at radius 1 is 0.923 bits per heavy atom. The van der Waals surface area contributed by atoms with Crippen LogP contribution in [0.5, 0.6) is 0 Å². The first-order chi connectivity index (χ1) is 12.6. The molecular formula is C23H24N2O. The number of nitrogens with two attached hydrogens (primary N) is 1. The molecule has 2 aromatic carbocycles. The number of pyridine rings is 1. The molecule has 3 N–H and O–H groups in total. The molecule has 0 spiro atoms. The molecule has 3 heteroatoms. The first kappa shape index (κ1) is 18.1. The van der Waals surface area contributed by atoms with E-state index in [1.807, 2.05) is 42.5 Å². The van der Waals surface area contributed by atoms with Crippen molar-refractivity contribution in [3.05, 3.63) is 77.0 Å². The van der Waals surface area contributed by atoms with Gasteiger partial charge in [0.05, 0.1) is 17.8 Å². The lowest BCUT2D eigenvalue weighted by Crippen LogP contribution is -2.34. The van der Waals surface area contributed by atoms with E-state index in [4.69, 9.17) is 5.73 Å². The first-order valence-corrected chi connectivity index (χ1v) is 9.00. The Bertz CT molecular complexity index is 961. The average Bonchev–Trinajstić information content (AvgIpc) is 2.71. The molecule has 0 atom stereocenters. The Hall–Kier alpha value is -2.67. The van der Waals surface area contributed by atoms with E-state index in [-0.39, 0.29) is 12.1 Å². The van der Waals surface area contributed by atoms with Gasteiger partial charge in [-0.25, -0.2) is 0 Å². The predicted molar refractivity (Wildman–Crippen MR) is 107 cm³/mol. The molecule has 1 aromatic heterocycles. The molecule has 26 heavy (non-hydrogen) atoms. The van der Waals surface area contributed by atoms with Gasteiger partial charge in [-0.2, -0.15) is 0 Å². The standard InChI is InChI=1S/C23H24N2O/c1-3-23(24,4-2)20-11-7-17(8-12-20)5-6-18-9-14-22-19(15-18)10-13-21(16-26)25-22/h7-15,26H,3-4,16,24H2,1-2H3. The van der Waals surface area contributed by atoms with Crippen LogP contribution in [-0.4, -0.2) is 10.1 Å². The Morgan fingerprint density at radius 3 is 2.23 bits per heavy atom. The van der Waals surface area contributed by atoms with Crippen molar-refractivity contribution in [2.45, 2.75) is 38.8 Å². The zero-order valence-electron chi connectivity index (χ0n) is 15.3. The molecule has 0 bridgehead atoms. The van der Waals surface area contributed by atoms with Crippen molar-refractivity contribution in [2.24, 2.45) is 5.73 Å². The lowest BCUT2D eigenvalue weighted by Gasteiger charge is -2.27. The van der Waals surface area contributed by atoms with Crippen LogP contribution in [0.3, 0.4) is 0 Å². The summed E-state index contributed by atoms with van der Waals surface area (Å²) >= 11 is 0. The second-order valence-electron chi connectivity index (χ2n) is 6.56. The van der Waals surface area contributed by atoms with Crippen molar-refractivity contribution >= 4 is 10.9 Å². The molecule has 132 valence electrons. The van der Waals surface area contributed by atoms with Crippen LogP contribution in [0.25, 0.3) is 10.9 Å². The highest BCUT2D eigenvalue weighted by Gasteiger charge is 2.22. The van der Waals surface area contributed by atoms with Gasteiger partial charge in [0.25, 0.3) is 0 Å². The van der Waals surface area contributed by atoms with Gasteiger partial charge in [-0.3, -0.25) is 4.98 Å². The van der Waals surface area contributed by atoms with Crippen LogP contribution in [0.15, 0.2) is 54.6 Å². The SMILES string of the molecule is CCC(N)(CC)c1ccc(C#Cc2ccc3nc(CO)ccc3c2)cc1. The highest BCUT2D eigenvalue weighted by atomic mass is 16.3. The Labute approximate surface area is 154 Å². The van der Waals surface area contributed by atoms with E-state index in [9.17, 15) is 5.11 Å². The van der Waals surface area contributed by atoms with Gasteiger partial charge in [-0.1, -0.05) is 43.9 Å². The van der Waals surface area contributed by atoms with Crippen LogP contribution in [-0.2, 0) is 12.1 Å². The number of aliphatic hydroxyl groups is 1. The van der Waals surface area contributed by atoms with Crippen molar-refractivity contribution in [3.8, 4) is 11.8 Å². The maximum Gasteiger partial charge on any atom is 0.0853 e. The molecule has 0 radical (unpaired) electrons. The van der Waals surface area contributed by atoms with Gasteiger partial charge in [0.2, 0.25) is 0 Å². The lowest BCUT2D eigenvalue weighted by molar-refractivity contribution is 0.277. The summed E-state index contributed by atoms with van der Waals surface area (Å²) in [4.78, 5) is 4.39. The molecule has 0 aliphatic heterocycles. The zero-order chi connectivity index (χ0) is 18.6. The number of rotatable bonds is 4. The smallest absolute Gasteiger partial charge is 0.0853 e. The molecule has 3 rings (SSSR count). The predicted octanol–water partition coefficient (Wildman–Crippen LogP) is 4.10. The minimum absolute atomic E-state index is 0.0480. The van der Waals surface area contributed by atoms with E-state index in [1.54, 1.807) is 0 Å². The van der Waals surface area contributed by atoms with Crippen LogP contribution in [0.4, 0.5) is 0 Å². The fraction of sp³-hybridized carbons (Fsp3) is 0.261. The van der Waals surface area contributed by atoms with Crippen LogP contribution >= 0.6 is 0 Å². The number of aromatic nitrogens is 1. The van der Waals surface area contributed by atoms with Crippen molar-refractivity contribution in [3.63, 3.8) is 0 Å².